The van der Waals surface area contributed by atoms with Gasteiger partial charge in [-0.15, -0.1) is 0 Å². The molecule has 0 aliphatic rings. The molecule has 2 aromatic rings. The fourth-order valence-electron chi connectivity index (χ4n) is 1.71. The molecule has 0 unspecified atom stereocenters. The van der Waals surface area contributed by atoms with Crippen LogP contribution in [0.25, 0.3) is 0 Å². The number of ketones is 1. The molecule has 5 nitrogen and oxygen atoms in total. The van der Waals surface area contributed by atoms with Crippen LogP contribution in [0.2, 0.25) is 0 Å². The molecule has 0 N–H and O–H groups in total. The van der Waals surface area contributed by atoms with Crippen molar-refractivity contribution in [3.8, 4) is 5.75 Å². The number of ether oxygens (including phenoxy) is 1. The number of aromatic nitrogens is 2. The maximum Gasteiger partial charge on any atom is 0.226 e. The lowest BCUT2D eigenvalue weighted by molar-refractivity contribution is -0.116. The van der Waals surface area contributed by atoms with Crippen LogP contribution in [0.3, 0.4) is 0 Å². The van der Waals surface area contributed by atoms with Crippen molar-refractivity contribution in [2.45, 2.75) is 39.7 Å². The first-order valence-corrected chi connectivity index (χ1v) is 6.70. The Morgan fingerprint density at radius 2 is 2.05 bits per heavy atom. The van der Waals surface area contributed by atoms with Gasteiger partial charge in [0.2, 0.25) is 11.7 Å². The van der Waals surface area contributed by atoms with E-state index in [0.29, 0.717) is 18.1 Å². The molecule has 0 radical (unpaired) electrons. The van der Waals surface area contributed by atoms with Gasteiger partial charge in [0.15, 0.2) is 6.61 Å². The second-order valence-electron chi connectivity index (χ2n) is 4.59. The van der Waals surface area contributed by atoms with Crippen molar-refractivity contribution in [3.63, 3.8) is 0 Å². The summed E-state index contributed by atoms with van der Waals surface area (Å²) in [6, 6.07) is 7.70. The van der Waals surface area contributed by atoms with Gasteiger partial charge in [-0.05, 0) is 31.0 Å². The molecule has 0 bridgehead atoms. The summed E-state index contributed by atoms with van der Waals surface area (Å²) in [4.78, 5) is 15.1. The fourth-order valence-corrected chi connectivity index (χ4v) is 1.71. The minimum Gasteiger partial charge on any atom is -0.485 e. The van der Waals surface area contributed by atoms with Crippen LogP contribution in [0.4, 0.5) is 0 Å². The van der Waals surface area contributed by atoms with E-state index in [1.165, 1.54) is 0 Å². The highest BCUT2D eigenvalue weighted by molar-refractivity contribution is 5.75. The molecule has 0 spiro atoms. The van der Waals surface area contributed by atoms with Crippen LogP contribution in [0.15, 0.2) is 28.8 Å². The molecule has 0 aliphatic carbocycles. The molecule has 106 valence electrons. The molecule has 1 heterocycles. The maximum atomic E-state index is 10.9. The maximum absolute atomic E-state index is 10.9. The topological polar surface area (TPSA) is 65.2 Å². The zero-order chi connectivity index (χ0) is 14.4. The molecule has 1 aromatic heterocycles. The summed E-state index contributed by atoms with van der Waals surface area (Å²) < 4.78 is 10.6. The standard InChI is InChI=1S/C15H18N2O3/c1-3-15-16-14(17-20-15)10-19-13-8-6-12(7-9-13)5-4-11(2)18/h6-9H,3-5,10H2,1-2H3. The van der Waals surface area contributed by atoms with Crippen LogP contribution < -0.4 is 4.74 Å². The normalized spacial score (nSPS) is 10.5. The SMILES string of the molecule is CCc1nc(COc2ccc(CCC(C)=O)cc2)no1. The van der Waals surface area contributed by atoms with Crippen molar-refractivity contribution in [2.24, 2.45) is 0 Å². The van der Waals surface area contributed by atoms with Crippen molar-refractivity contribution in [1.29, 1.82) is 0 Å². The first-order chi connectivity index (χ1) is 9.67. The van der Waals surface area contributed by atoms with Crippen LogP contribution in [0.5, 0.6) is 5.75 Å². The lowest BCUT2D eigenvalue weighted by atomic mass is 10.1. The third kappa shape index (κ3) is 4.19. The number of carbonyl (C=O) groups excluding carboxylic acids is 1. The Hall–Kier alpha value is -2.17. The fraction of sp³-hybridized carbons (Fsp3) is 0.400. The van der Waals surface area contributed by atoms with Gasteiger partial charge in [0.25, 0.3) is 0 Å². The van der Waals surface area contributed by atoms with Crippen LogP contribution in [0, 0.1) is 0 Å². The van der Waals surface area contributed by atoms with E-state index < -0.39 is 0 Å². The van der Waals surface area contributed by atoms with Gasteiger partial charge >= 0.3 is 0 Å². The van der Waals surface area contributed by atoms with E-state index >= 15 is 0 Å². The number of hydrogen-bond donors (Lipinski definition) is 0. The molecule has 2 rings (SSSR count). The zero-order valence-corrected chi connectivity index (χ0v) is 11.8. The van der Waals surface area contributed by atoms with Crippen molar-refractivity contribution in [1.82, 2.24) is 10.1 Å². The summed E-state index contributed by atoms with van der Waals surface area (Å²) in [5.74, 6) is 2.11. The Bertz CT molecular complexity index is 561. The molecule has 0 fully saturated rings. The van der Waals surface area contributed by atoms with E-state index in [2.05, 4.69) is 10.1 Å². The molecule has 20 heavy (non-hydrogen) atoms. The second kappa shape index (κ2) is 6.84. The number of Topliss-reactive ketones (excluding diaryl/α,β-unsaturated/α-hetero) is 1. The van der Waals surface area contributed by atoms with Gasteiger partial charge in [0.05, 0.1) is 0 Å². The van der Waals surface area contributed by atoms with Gasteiger partial charge in [-0.25, -0.2) is 0 Å². The number of hydrogen-bond acceptors (Lipinski definition) is 5. The Kier molecular flexibility index (Phi) is 4.87. The number of benzene rings is 1. The molecular weight excluding hydrogens is 256 g/mol. The summed E-state index contributed by atoms with van der Waals surface area (Å²) in [7, 11) is 0. The second-order valence-corrected chi connectivity index (χ2v) is 4.59. The number of aryl methyl sites for hydroxylation is 2. The number of rotatable bonds is 7. The molecule has 0 amide bonds. The van der Waals surface area contributed by atoms with E-state index in [4.69, 9.17) is 9.26 Å². The minimum atomic E-state index is 0.203. The molecule has 1 aromatic carbocycles. The summed E-state index contributed by atoms with van der Waals surface area (Å²) in [5, 5.41) is 3.82. The van der Waals surface area contributed by atoms with Crippen LogP contribution in [0.1, 0.15) is 37.5 Å². The van der Waals surface area contributed by atoms with E-state index in [1.807, 2.05) is 31.2 Å². The summed E-state index contributed by atoms with van der Waals surface area (Å²) in [6.45, 7) is 3.85. The lowest BCUT2D eigenvalue weighted by Gasteiger charge is -2.04. The average molecular weight is 274 g/mol. The molecule has 0 saturated heterocycles. The Morgan fingerprint density at radius 3 is 2.65 bits per heavy atom. The van der Waals surface area contributed by atoms with E-state index in [9.17, 15) is 4.79 Å². The van der Waals surface area contributed by atoms with Gasteiger partial charge in [0.1, 0.15) is 11.5 Å². The highest BCUT2D eigenvalue weighted by Gasteiger charge is 2.05. The highest BCUT2D eigenvalue weighted by atomic mass is 16.5. The van der Waals surface area contributed by atoms with Gasteiger partial charge < -0.3 is 14.1 Å². The van der Waals surface area contributed by atoms with Gasteiger partial charge in [-0.1, -0.05) is 24.2 Å². The van der Waals surface area contributed by atoms with E-state index in [-0.39, 0.29) is 12.4 Å². The van der Waals surface area contributed by atoms with Crippen LogP contribution >= 0.6 is 0 Å². The number of nitrogens with zero attached hydrogens (tertiary/aromatic N) is 2. The van der Waals surface area contributed by atoms with Crippen molar-refractivity contribution >= 4 is 5.78 Å². The van der Waals surface area contributed by atoms with Crippen molar-refractivity contribution in [3.05, 3.63) is 41.5 Å². The lowest BCUT2D eigenvalue weighted by Crippen LogP contribution is -1.98. The monoisotopic (exact) mass is 274 g/mol. The zero-order valence-electron chi connectivity index (χ0n) is 11.8. The minimum absolute atomic E-state index is 0.203. The third-order valence-electron chi connectivity index (χ3n) is 2.87. The molecule has 0 saturated carbocycles. The first-order valence-electron chi connectivity index (χ1n) is 6.70. The smallest absolute Gasteiger partial charge is 0.226 e. The molecular formula is C15H18N2O3. The van der Waals surface area contributed by atoms with Gasteiger partial charge in [-0.3, -0.25) is 0 Å². The van der Waals surface area contributed by atoms with Crippen LogP contribution in [-0.2, 0) is 24.2 Å². The van der Waals surface area contributed by atoms with Crippen molar-refractivity contribution in [2.75, 3.05) is 0 Å². The summed E-state index contributed by atoms with van der Waals surface area (Å²) >= 11 is 0. The Labute approximate surface area is 118 Å². The average Bonchev–Trinajstić information content (AvgIpc) is 2.92. The third-order valence-corrected chi connectivity index (χ3v) is 2.87. The van der Waals surface area contributed by atoms with Crippen LogP contribution in [-0.4, -0.2) is 15.9 Å². The Morgan fingerprint density at radius 1 is 1.30 bits per heavy atom. The predicted molar refractivity (Wildman–Crippen MR) is 73.5 cm³/mol. The largest absolute Gasteiger partial charge is 0.485 e. The van der Waals surface area contributed by atoms with E-state index in [1.54, 1.807) is 6.92 Å². The molecule has 0 atom stereocenters. The number of carbonyl (C=O) groups is 1. The summed E-state index contributed by atoms with van der Waals surface area (Å²) in [5.41, 5.74) is 1.13. The van der Waals surface area contributed by atoms with Crippen molar-refractivity contribution < 1.29 is 14.1 Å². The highest BCUT2D eigenvalue weighted by Crippen LogP contribution is 2.14. The summed E-state index contributed by atoms with van der Waals surface area (Å²) in [6.07, 6.45) is 2.06. The van der Waals surface area contributed by atoms with Gasteiger partial charge in [0, 0.05) is 12.8 Å². The first kappa shape index (κ1) is 14.2. The molecule has 5 heteroatoms. The van der Waals surface area contributed by atoms with E-state index in [0.717, 1.165) is 24.2 Å². The molecule has 0 aliphatic heterocycles. The predicted octanol–water partition coefficient (Wildman–Crippen LogP) is 2.73. The van der Waals surface area contributed by atoms with Gasteiger partial charge in [-0.2, -0.15) is 4.98 Å². The Balaban J connectivity index is 1.85. The quantitative estimate of drug-likeness (QED) is 0.776.